The van der Waals surface area contributed by atoms with Crippen LogP contribution in [0.3, 0.4) is 0 Å². The minimum Gasteiger partial charge on any atom is -0.331 e. The molecule has 1 N–H and O–H groups in total. The molecule has 1 aliphatic rings. The first-order chi connectivity index (χ1) is 14.9. The third kappa shape index (κ3) is 4.91. The summed E-state index contributed by atoms with van der Waals surface area (Å²) in [6.45, 7) is 0.450. The van der Waals surface area contributed by atoms with E-state index in [0.29, 0.717) is 33.1 Å². The van der Waals surface area contributed by atoms with Crippen molar-refractivity contribution in [3.05, 3.63) is 81.0 Å². The van der Waals surface area contributed by atoms with Gasteiger partial charge in [0.2, 0.25) is 5.91 Å². The lowest BCUT2D eigenvalue weighted by Gasteiger charge is -2.23. The van der Waals surface area contributed by atoms with E-state index in [1.54, 1.807) is 64.8 Å². The maximum atomic E-state index is 13.3. The number of amides is 2. The predicted molar refractivity (Wildman–Crippen MR) is 130 cm³/mol. The molecule has 2 heterocycles. The Kier molecular flexibility index (Phi) is 6.57. The van der Waals surface area contributed by atoms with Crippen LogP contribution in [0.4, 0.5) is 11.4 Å². The number of nitrogens with one attached hydrogen (secondary N) is 1. The molecule has 0 aliphatic carbocycles. The van der Waals surface area contributed by atoms with Gasteiger partial charge < -0.3 is 10.2 Å². The third-order valence-corrected chi connectivity index (χ3v) is 6.60. The van der Waals surface area contributed by atoms with Crippen LogP contribution in [0.5, 0.6) is 0 Å². The first-order valence-corrected chi connectivity index (χ1v) is 11.4. The van der Waals surface area contributed by atoms with Crippen LogP contribution in [0, 0.1) is 0 Å². The van der Waals surface area contributed by atoms with Crippen molar-refractivity contribution < 1.29 is 9.59 Å². The topological polar surface area (TPSA) is 52.7 Å². The molecule has 9 heteroatoms. The fourth-order valence-corrected chi connectivity index (χ4v) is 4.67. The molecule has 0 radical (unpaired) electrons. The Morgan fingerprint density at radius 2 is 1.68 bits per heavy atom. The lowest BCUT2D eigenvalue weighted by molar-refractivity contribution is -0.124. The molecule has 1 unspecified atom stereocenters. The monoisotopic (exact) mass is 489 g/mol. The zero-order valence-corrected chi connectivity index (χ0v) is 19.3. The number of nitrogens with zero attached hydrogens (tertiary/aromatic N) is 2. The van der Waals surface area contributed by atoms with E-state index in [-0.39, 0.29) is 18.2 Å². The molecule has 31 heavy (non-hydrogen) atoms. The van der Waals surface area contributed by atoms with Gasteiger partial charge in [0.1, 0.15) is 6.04 Å². The summed E-state index contributed by atoms with van der Waals surface area (Å²) in [6.07, 6.45) is -0.0307. The number of thiophene rings is 1. The Hall–Kier alpha value is -2.45. The SMILES string of the molecule is O=C(CC1C(=O)N(c2ccc(Cl)cc2)C(=S)N1Cc1cccs1)Nc1ccc(Cl)cc1. The molecule has 158 valence electrons. The minimum atomic E-state index is -0.711. The van der Waals surface area contributed by atoms with Crippen LogP contribution in [0.25, 0.3) is 0 Å². The van der Waals surface area contributed by atoms with Crippen LogP contribution in [0.15, 0.2) is 66.0 Å². The summed E-state index contributed by atoms with van der Waals surface area (Å²) in [5.74, 6) is -0.521. The summed E-state index contributed by atoms with van der Waals surface area (Å²) in [5, 5.41) is 6.30. The van der Waals surface area contributed by atoms with E-state index in [2.05, 4.69) is 5.32 Å². The van der Waals surface area contributed by atoms with Gasteiger partial charge in [0.05, 0.1) is 18.7 Å². The van der Waals surface area contributed by atoms with Crippen molar-refractivity contribution in [1.82, 2.24) is 4.90 Å². The molecular formula is C22H17Cl2N3O2S2. The third-order valence-electron chi connectivity index (χ3n) is 4.82. The molecule has 5 nitrogen and oxygen atoms in total. The Balaban J connectivity index is 1.58. The van der Waals surface area contributed by atoms with Crippen molar-refractivity contribution in [3.63, 3.8) is 0 Å². The first-order valence-electron chi connectivity index (χ1n) is 9.40. The molecule has 0 bridgehead atoms. The highest BCUT2D eigenvalue weighted by atomic mass is 35.5. The molecule has 1 fully saturated rings. The van der Waals surface area contributed by atoms with E-state index in [0.717, 1.165) is 4.88 Å². The maximum Gasteiger partial charge on any atom is 0.256 e. The average Bonchev–Trinajstić information content (AvgIpc) is 3.33. The highest BCUT2D eigenvalue weighted by Gasteiger charge is 2.44. The summed E-state index contributed by atoms with van der Waals surface area (Å²) in [6, 6.07) is 16.9. The Morgan fingerprint density at radius 3 is 2.29 bits per heavy atom. The largest absolute Gasteiger partial charge is 0.331 e. The maximum absolute atomic E-state index is 13.3. The zero-order valence-electron chi connectivity index (χ0n) is 16.1. The van der Waals surface area contributed by atoms with Crippen molar-refractivity contribution in [2.75, 3.05) is 10.2 Å². The average molecular weight is 490 g/mol. The van der Waals surface area contributed by atoms with Crippen LogP contribution in [-0.2, 0) is 16.1 Å². The molecule has 2 aromatic carbocycles. The Morgan fingerprint density at radius 1 is 1.03 bits per heavy atom. The molecule has 1 saturated heterocycles. The molecule has 0 saturated carbocycles. The smallest absolute Gasteiger partial charge is 0.256 e. The number of benzene rings is 2. The Bertz CT molecular complexity index is 1100. The highest BCUT2D eigenvalue weighted by molar-refractivity contribution is 7.80. The van der Waals surface area contributed by atoms with Gasteiger partial charge in [-0.25, -0.2) is 0 Å². The quantitative estimate of drug-likeness (QED) is 0.458. The summed E-state index contributed by atoms with van der Waals surface area (Å²) in [7, 11) is 0. The van der Waals surface area contributed by atoms with E-state index in [4.69, 9.17) is 35.4 Å². The standard InChI is InChI=1S/C22H17Cl2N3O2S2/c23-14-3-7-16(8-4-14)25-20(28)12-19-21(29)27(17-9-5-15(24)6-10-17)22(30)26(19)13-18-2-1-11-31-18/h1-11,19H,12-13H2,(H,25,28). The van der Waals surface area contributed by atoms with Crippen molar-refractivity contribution in [3.8, 4) is 0 Å². The molecule has 0 spiro atoms. The number of carbonyl (C=O) groups is 2. The number of carbonyl (C=O) groups excluding carboxylic acids is 2. The van der Waals surface area contributed by atoms with Gasteiger partial charge in [-0.2, -0.15) is 0 Å². The van der Waals surface area contributed by atoms with Gasteiger partial charge in [-0.15, -0.1) is 11.3 Å². The van der Waals surface area contributed by atoms with Gasteiger partial charge in [-0.3, -0.25) is 14.5 Å². The van der Waals surface area contributed by atoms with Gasteiger partial charge in [-0.1, -0.05) is 29.3 Å². The normalized spacial score (nSPS) is 16.1. The van der Waals surface area contributed by atoms with E-state index in [1.165, 1.54) is 4.90 Å². The molecule has 1 aromatic heterocycles. The van der Waals surface area contributed by atoms with Gasteiger partial charge in [0, 0.05) is 20.6 Å². The molecular weight excluding hydrogens is 473 g/mol. The predicted octanol–water partition coefficient (Wildman–Crippen LogP) is 5.59. The number of anilines is 2. The van der Waals surface area contributed by atoms with Crippen LogP contribution in [0.2, 0.25) is 10.0 Å². The van der Waals surface area contributed by atoms with Crippen molar-refractivity contribution >= 4 is 75.1 Å². The summed E-state index contributed by atoms with van der Waals surface area (Å²) < 4.78 is 0. The van der Waals surface area contributed by atoms with Crippen LogP contribution >= 0.6 is 46.8 Å². The fourth-order valence-electron chi connectivity index (χ4n) is 3.33. The fraction of sp³-hybridized carbons (Fsp3) is 0.136. The minimum absolute atomic E-state index is 0.0307. The Labute approximate surface area is 199 Å². The second-order valence-corrected chi connectivity index (χ2v) is 9.19. The number of hydrogen-bond donors (Lipinski definition) is 1. The van der Waals surface area contributed by atoms with Gasteiger partial charge in [-0.05, 0) is 72.2 Å². The van der Waals surface area contributed by atoms with E-state index >= 15 is 0 Å². The number of thiocarbonyl (C=S) groups is 1. The highest BCUT2D eigenvalue weighted by Crippen LogP contribution is 2.30. The second kappa shape index (κ2) is 9.36. The number of hydrogen-bond acceptors (Lipinski definition) is 4. The molecule has 3 aromatic rings. The summed E-state index contributed by atoms with van der Waals surface area (Å²) >= 11 is 19.1. The van der Waals surface area contributed by atoms with Crippen molar-refractivity contribution in [2.24, 2.45) is 0 Å². The second-order valence-electron chi connectivity index (χ2n) is 6.91. The zero-order chi connectivity index (χ0) is 22.0. The lowest BCUT2D eigenvalue weighted by atomic mass is 10.1. The van der Waals surface area contributed by atoms with Gasteiger partial charge in [0.15, 0.2) is 5.11 Å². The van der Waals surface area contributed by atoms with Crippen LogP contribution < -0.4 is 10.2 Å². The summed E-state index contributed by atoms with van der Waals surface area (Å²) in [5.41, 5.74) is 1.23. The van der Waals surface area contributed by atoms with Crippen LogP contribution in [-0.4, -0.2) is 27.9 Å². The molecule has 2 amide bonds. The van der Waals surface area contributed by atoms with Crippen molar-refractivity contribution in [1.29, 1.82) is 0 Å². The number of rotatable bonds is 6. The molecule has 1 aliphatic heterocycles. The lowest BCUT2D eigenvalue weighted by Crippen LogP contribution is -2.37. The van der Waals surface area contributed by atoms with Gasteiger partial charge in [0.25, 0.3) is 5.91 Å². The van der Waals surface area contributed by atoms with E-state index in [1.807, 2.05) is 17.5 Å². The van der Waals surface area contributed by atoms with Crippen molar-refractivity contribution in [2.45, 2.75) is 19.0 Å². The van der Waals surface area contributed by atoms with Crippen LogP contribution in [0.1, 0.15) is 11.3 Å². The number of halogens is 2. The van der Waals surface area contributed by atoms with E-state index < -0.39 is 6.04 Å². The van der Waals surface area contributed by atoms with E-state index in [9.17, 15) is 9.59 Å². The molecule has 4 rings (SSSR count). The molecule has 1 atom stereocenters. The first kappa shape index (κ1) is 21.8. The summed E-state index contributed by atoms with van der Waals surface area (Å²) in [4.78, 5) is 30.4. The van der Waals surface area contributed by atoms with Gasteiger partial charge >= 0.3 is 0 Å².